The van der Waals surface area contributed by atoms with Crippen molar-refractivity contribution in [2.45, 2.75) is 13.8 Å². The molecule has 4 nitrogen and oxygen atoms in total. The molecule has 0 saturated carbocycles. The van der Waals surface area contributed by atoms with Gasteiger partial charge in [0.1, 0.15) is 0 Å². The number of nitrogens with one attached hydrogen (secondary N) is 2. The van der Waals surface area contributed by atoms with E-state index in [1.54, 1.807) is 6.33 Å². The van der Waals surface area contributed by atoms with Crippen LogP contribution in [0.3, 0.4) is 0 Å². The highest BCUT2D eigenvalue weighted by Crippen LogP contribution is 2.17. The molecule has 1 atom stereocenters. The quantitative estimate of drug-likeness (QED) is 0.742. The van der Waals surface area contributed by atoms with E-state index in [0.29, 0.717) is 5.92 Å². The van der Waals surface area contributed by atoms with Crippen LogP contribution in [0, 0.1) is 11.8 Å². The Morgan fingerprint density at radius 2 is 2.24 bits per heavy atom. The van der Waals surface area contributed by atoms with Crippen LogP contribution >= 0.6 is 0 Å². The molecular weight excluding hydrogens is 214 g/mol. The minimum atomic E-state index is 0.219. The number of hydrogen-bond donors (Lipinski definition) is 3. The Labute approximate surface area is 101 Å². The van der Waals surface area contributed by atoms with E-state index in [4.69, 9.17) is 0 Å². The molecule has 0 amide bonds. The first-order chi connectivity index (χ1) is 8.20. The minimum absolute atomic E-state index is 0.219. The smallest absolute Gasteiger partial charge is 0.0931 e. The summed E-state index contributed by atoms with van der Waals surface area (Å²) in [5, 5.41) is 12.6. The number of anilines is 1. The Morgan fingerprint density at radius 1 is 1.41 bits per heavy atom. The van der Waals surface area contributed by atoms with Crippen LogP contribution in [0.2, 0.25) is 0 Å². The maximum atomic E-state index is 9.26. The SMILES string of the molecule is CC(C)C(CO)CNc1ccc2nc[nH]c2c1. The Bertz CT molecular complexity index is 478. The normalized spacial score (nSPS) is 13.2. The number of H-pyrrole nitrogens is 1. The van der Waals surface area contributed by atoms with Gasteiger partial charge in [-0.1, -0.05) is 13.8 Å². The molecule has 1 aromatic heterocycles. The third-order valence-corrected chi connectivity index (χ3v) is 3.17. The first-order valence-corrected chi connectivity index (χ1v) is 5.98. The lowest BCUT2D eigenvalue weighted by atomic mass is 9.97. The second-order valence-corrected chi connectivity index (χ2v) is 4.70. The molecule has 3 N–H and O–H groups in total. The fourth-order valence-electron chi connectivity index (χ4n) is 1.81. The fraction of sp³-hybridized carbons (Fsp3) is 0.462. The Morgan fingerprint density at radius 3 is 2.94 bits per heavy atom. The number of hydrogen-bond acceptors (Lipinski definition) is 3. The summed E-state index contributed by atoms with van der Waals surface area (Å²) in [4.78, 5) is 7.26. The van der Waals surface area contributed by atoms with Crippen molar-refractivity contribution in [1.29, 1.82) is 0 Å². The molecule has 1 heterocycles. The standard InChI is InChI=1S/C13H19N3O/c1-9(2)10(7-17)6-14-11-3-4-12-13(5-11)16-8-15-12/h3-5,8-10,14,17H,6-7H2,1-2H3,(H,15,16). The molecular formula is C13H19N3O. The molecule has 2 aromatic rings. The first-order valence-electron chi connectivity index (χ1n) is 5.98. The van der Waals surface area contributed by atoms with Crippen LogP contribution in [-0.2, 0) is 0 Å². The largest absolute Gasteiger partial charge is 0.396 e. The van der Waals surface area contributed by atoms with E-state index >= 15 is 0 Å². The molecule has 0 saturated heterocycles. The summed E-state index contributed by atoms with van der Waals surface area (Å²) in [6.07, 6.45) is 1.69. The zero-order valence-corrected chi connectivity index (χ0v) is 10.3. The zero-order chi connectivity index (χ0) is 12.3. The zero-order valence-electron chi connectivity index (χ0n) is 10.3. The van der Waals surface area contributed by atoms with Gasteiger partial charge in [0.25, 0.3) is 0 Å². The number of imidazole rings is 1. The van der Waals surface area contributed by atoms with Crippen LogP contribution in [0.25, 0.3) is 11.0 Å². The van der Waals surface area contributed by atoms with Gasteiger partial charge in [0, 0.05) is 24.8 Å². The number of aliphatic hydroxyl groups excluding tert-OH is 1. The number of nitrogens with zero attached hydrogens (tertiary/aromatic N) is 1. The third kappa shape index (κ3) is 2.77. The van der Waals surface area contributed by atoms with E-state index in [2.05, 4.69) is 29.1 Å². The Balaban J connectivity index is 2.02. The highest BCUT2D eigenvalue weighted by atomic mass is 16.3. The molecule has 0 bridgehead atoms. The fourth-order valence-corrected chi connectivity index (χ4v) is 1.81. The average Bonchev–Trinajstić information content (AvgIpc) is 2.76. The van der Waals surface area contributed by atoms with Crippen molar-refractivity contribution in [3.8, 4) is 0 Å². The first kappa shape index (κ1) is 11.9. The summed E-state index contributed by atoms with van der Waals surface area (Å²) in [6.45, 7) is 5.26. The van der Waals surface area contributed by atoms with Crippen LogP contribution in [0.1, 0.15) is 13.8 Å². The van der Waals surface area contributed by atoms with Gasteiger partial charge in [-0.2, -0.15) is 0 Å². The van der Waals surface area contributed by atoms with E-state index in [0.717, 1.165) is 23.3 Å². The van der Waals surface area contributed by atoms with Crippen molar-refractivity contribution in [3.05, 3.63) is 24.5 Å². The number of rotatable bonds is 5. The van der Waals surface area contributed by atoms with Crippen molar-refractivity contribution >= 4 is 16.7 Å². The van der Waals surface area contributed by atoms with Crippen molar-refractivity contribution in [2.24, 2.45) is 11.8 Å². The molecule has 4 heteroatoms. The van der Waals surface area contributed by atoms with Crippen molar-refractivity contribution in [1.82, 2.24) is 9.97 Å². The van der Waals surface area contributed by atoms with Crippen molar-refractivity contribution in [2.75, 3.05) is 18.5 Å². The molecule has 0 aliphatic heterocycles. The third-order valence-electron chi connectivity index (χ3n) is 3.17. The second-order valence-electron chi connectivity index (χ2n) is 4.70. The summed E-state index contributed by atoms with van der Waals surface area (Å²) in [6, 6.07) is 6.03. The van der Waals surface area contributed by atoms with Gasteiger partial charge in [0.2, 0.25) is 0 Å². The van der Waals surface area contributed by atoms with Gasteiger partial charge in [-0.15, -0.1) is 0 Å². The Hall–Kier alpha value is -1.55. The van der Waals surface area contributed by atoms with E-state index in [-0.39, 0.29) is 12.5 Å². The van der Waals surface area contributed by atoms with Crippen LogP contribution in [0.15, 0.2) is 24.5 Å². The van der Waals surface area contributed by atoms with Gasteiger partial charge in [-0.3, -0.25) is 0 Å². The lowest BCUT2D eigenvalue weighted by Crippen LogP contribution is -2.22. The predicted molar refractivity (Wildman–Crippen MR) is 70.0 cm³/mol. The van der Waals surface area contributed by atoms with E-state index < -0.39 is 0 Å². The van der Waals surface area contributed by atoms with Gasteiger partial charge >= 0.3 is 0 Å². The van der Waals surface area contributed by atoms with Crippen LogP contribution in [-0.4, -0.2) is 28.2 Å². The molecule has 17 heavy (non-hydrogen) atoms. The predicted octanol–water partition coefficient (Wildman–Crippen LogP) is 2.24. The van der Waals surface area contributed by atoms with Gasteiger partial charge in [-0.05, 0) is 24.1 Å². The number of aromatic nitrogens is 2. The number of fused-ring (bicyclic) bond motifs is 1. The number of benzene rings is 1. The number of aliphatic hydroxyl groups is 1. The molecule has 0 fully saturated rings. The van der Waals surface area contributed by atoms with Crippen LogP contribution < -0.4 is 5.32 Å². The van der Waals surface area contributed by atoms with Crippen molar-refractivity contribution < 1.29 is 5.11 Å². The van der Waals surface area contributed by atoms with Crippen LogP contribution in [0.5, 0.6) is 0 Å². The summed E-state index contributed by atoms with van der Waals surface area (Å²) in [7, 11) is 0. The minimum Gasteiger partial charge on any atom is -0.396 e. The van der Waals surface area contributed by atoms with Crippen molar-refractivity contribution in [3.63, 3.8) is 0 Å². The molecule has 0 radical (unpaired) electrons. The summed E-state index contributed by atoms with van der Waals surface area (Å²) in [5.74, 6) is 0.760. The summed E-state index contributed by atoms with van der Waals surface area (Å²) >= 11 is 0. The second kappa shape index (κ2) is 5.19. The molecule has 1 aromatic carbocycles. The van der Waals surface area contributed by atoms with Gasteiger partial charge in [0.05, 0.1) is 17.4 Å². The van der Waals surface area contributed by atoms with Gasteiger partial charge in [-0.25, -0.2) is 4.98 Å². The maximum Gasteiger partial charge on any atom is 0.0931 e. The Kier molecular flexibility index (Phi) is 3.64. The molecule has 0 aliphatic rings. The lowest BCUT2D eigenvalue weighted by molar-refractivity contribution is 0.198. The van der Waals surface area contributed by atoms with E-state index in [1.165, 1.54) is 0 Å². The monoisotopic (exact) mass is 233 g/mol. The summed E-state index contributed by atoms with van der Waals surface area (Å²) in [5.41, 5.74) is 3.05. The number of aromatic amines is 1. The lowest BCUT2D eigenvalue weighted by Gasteiger charge is -2.19. The van der Waals surface area contributed by atoms with Gasteiger partial charge in [0.15, 0.2) is 0 Å². The van der Waals surface area contributed by atoms with Crippen LogP contribution in [0.4, 0.5) is 5.69 Å². The molecule has 0 spiro atoms. The maximum absolute atomic E-state index is 9.26. The average molecular weight is 233 g/mol. The van der Waals surface area contributed by atoms with Gasteiger partial charge < -0.3 is 15.4 Å². The van der Waals surface area contributed by atoms with E-state index in [1.807, 2.05) is 18.2 Å². The van der Waals surface area contributed by atoms with E-state index in [9.17, 15) is 5.11 Å². The highest BCUT2D eigenvalue weighted by Gasteiger charge is 2.11. The topological polar surface area (TPSA) is 60.9 Å². The highest BCUT2D eigenvalue weighted by molar-refractivity contribution is 5.78. The molecule has 92 valence electrons. The molecule has 1 unspecified atom stereocenters. The molecule has 2 rings (SSSR count). The molecule has 0 aliphatic carbocycles. The summed E-state index contributed by atoms with van der Waals surface area (Å²) < 4.78 is 0.